The first-order valence-electron chi connectivity index (χ1n) is 8.99. The number of carbonyl (C=O) groups excluding carboxylic acids is 3. The van der Waals surface area contributed by atoms with E-state index in [2.05, 4.69) is 31.8 Å². The summed E-state index contributed by atoms with van der Waals surface area (Å²) in [7, 11) is 0. The number of nitrogens with one attached hydrogen (secondary N) is 2. The van der Waals surface area contributed by atoms with Crippen LogP contribution < -0.4 is 15.5 Å². The van der Waals surface area contributed by atoms with E-state index in [1.54, 1.807) is 60.7 Å². The minimum Gasteiger partial charge on any atom is -0.422 e. The highest BCUT2D eigenvalue weighted by atomic mass is 79.9. The number of hydrogen-bond donors (Lipinski definition) is 2. The van der Waals surface area contributed by atoms with Crippen molar-refractivity contribution < 1.29 is 19.1 Å². The number of rotatable bonds is 5. The predicted octanol–water partition coefficient (Wildman–Crippen LogP) is 5.06. The topological polar surface area (TPSA) is 96.9 Å². The number of benzene rings is 3. The second-order valence-corrected chi connectivity index (χ2v) is 7.97. The van der Waals surface area contributed by atoms with Gasteiger partial charge in [-0.15, -0.1) is 0 Å². The summed E-state index contributed by atoms with van der Waals surface area (Å²) in [6.45, 7) is 0. The molecule has 0 heterocycles. The van der Waals surface area contributed by atoms with E-state index in [9.17, 15) is 14.4 Å². The monoisotopic (exact) mass is 533 g/mol. The Balaban J connectivity index is 1.67. The zero-order valence-electron chi connectivity index (χ0n) is 16.1. The molecule has 0 aliphatic carbocycles. The minimum absolute atomic E-state index is 0.182. The van der Waals surface area contributed by atoms with Crippen molar-refractivity contribution in [3.8, 4) is 5.75 Å². The van der Waals surface area contributed by atoms with Crippen LogP contribution in [-0.4, -0.2) is 24.0 Å². The number of amides is 2. The van der Waals surface area contributed by atoms with E-state index in [0.29, 0.717) is 20.7 Å². The zero-order valence-corrected chi connectivity index (χ0v) is 19.2. The van der Waals surface area contributed by atoms with Crippen molar-refractivity contribution in [1.29, 1.82) is 0 Å². The van der Waals surface area contributed by atoms with Gasteiger partial charge in [0.15, 0.2) is 0 Å². The number of esters is 1. The second kappa shape index (κ2) is 10.9. The largest absolute Gasteiger partial charge is 0.422 e. The Bertz CT molecular complexity index is 1200. The number of hydrazone groups is 1. The summed E-state index contributed by atoms with van der Waals surface area (Å²) in [5.41, 5.74) is 3.10. The van der Waals surface area contributed by atoms with E-state index in [1.165, 1.54) is 12.3 Å². The molecule has 162 valence electrons. The highest BCUT2D eigenvalue weighted by Gasteiger charge is 2.15. The van der Waals surface area contributed by atoms with Crippen molar-refractivity contribution in [3.63, 3.8) is 0 Å². The van der Waals surface area contributed by atoms with Gasteiger partial charge in [-0.3, -0.25) is 9.59 Å². The molecule has 0 unspecified atom stereocenters. The first-order chi connectivity index (χ1) is 15.3. The molecule has 0 saturated heterocycles. The summed E-state index contributed by atoms with van der Waals surface area (Å²) in [6, 6.07) is 17.6. The Labute approximate surface area is 201 Å². The first-order valence-corrected chi connectivity index (χ1v) is 10.5. The fraction of sp³-hybridized carbons (Fsp3) is 0. The molecule has 3 aromatic carbocycles. The summed E-state index contributed by atoms with van der Waals surface area (Å²) in [5, 5.41) is 6.94. The average Bonchev–Trinajstić information content (AvgIpc) is 2.77. The van der Waals surface area contributed by atoms with Crippen molar-refractivity contribution in [3.05, 3.63) is 92.4 Å². The average molecular weight is 535 g/mol. The molecule has 0 aliphatic rings. The van der Waals surface area contributed by atoms with Gasteiger partial charge in [-0.25, -0.2) is 10.2 Å². The number of halogens is 3. The molecule has 0 atom stereocenters. The van der Waals surface area contributed by atoms with Gasteiger partial charge >= 0.3 is 17.8 Å². The number of hydrogen-bond acceptors (Lipinski definition) is 5. The van der Waals surface area contributed by atoms with E-state index < -0.39 is 17.8 Å². The molecule has 3 rings (SSSR count). The molecule has 0 aliphatic heterocycles. The number of nitrogens with zero attached hydrogens (tertiary/aromatic N) is 1. The van der Waals surface area contributed by atoms with Crippen LogP contribution in [0.1, 0.15) is 15.9 Å². The van der Waals surface area contributed by atoms with Gasteiger partial charge in [0.25, 0.3) is 0 Å². The number of anilines is 1. The van der Waals surface area contributed by atoms with E-state index in [1.807, 2.05) is 0 Å². The van der Waals surface area contributed by atoms with E-state index in [4.69, 9.17) is 27.9 Å². The van der Waals surface area contributed by atoms with Crippen LogP contribution in [0.15, 0.2) is 76.3 Å². The van der Waals surface area contributed by atoms with Gasteiger partial charge in [0.1, 0.15) is 5.75 Å². The molecule has 0 spiro atoms. The SMILES string of the molecule is O=C(NN=Cc1cc(Br)ccc1OC(=O)c1ccccc1Cl)C(=O)Nc1ccc(Cl)cc1. The van der Waals surface area contributed by atoms with Crippen LogP contribution in [-0.2, 0) is 9.59 Å². The Hall–Kier alpha value is -3.20. The molecule has 0 fully saturated rings. The van der Waals surface area contributed by atoms with Crippen LogP contribution in [0.25, 0.3) is 0 Å². The first kappa shape index (κ1) is 23.5. The van der Waals surface area contributed by atoms with Gasteiger partial charge in [0.05, 0.1) is 16.8 Å². The Morgan fingerprint density at radius 2 is 1.66 bits per heavy atom. The van der Waals surface area contributed by atoms with Crippen LogP contribution in [0.2, 0.25) is 10.0 Å². The normalized spacial score (nSPS) is 10.6. The lowest BCUT2D eigenvalue weighted by molar-refractivity contribution is -0.136. The van der Waals surface area contributed by atoms with Crippen LogP contribution in [0.3, 0.4) is 0 Å². The van der Waals surface area contributed by atoms with Gasteiger partial charge < -0.3 is 10.1 Å². The predicted molar refractivity (Wildman–Crippen MR) is 126 cm³/mol. The molecule has 0 aromatic heterocycles. The molecular weight excluding hydrogens is 521 g/mol. The van der Waals surface area contributed by atoms with E-state index >= 15 is 0 Å². The second-order valence-electron chi connectivity index (χ2n) is 6.21. The summed E-state index contributed by atoms with van der Waals surface area (Å²) in [6.07, 6.45) is 1.24. The van der Waals surface area contributed by atoms with E-state index in [-0.39, 0.29) is 16.3 Å². The molecule has 0 bridgehead atoms. The van der Waals surface area contributed by atoms with Crippen LogP contribution >= 0.6 is 39.1 Å². The molecule has 2 amide bonds. The summed E-state index contributed by atoms with van der Waals surface area (Å²) >= 11 is 15.1. The van der Waals surface area contributed by atoms with Crippen molar-refractivity contribution in [2.24, 2.45) is 5.10 Å². The maximum absolute atomic E-state index is 12.4. The van der Waals surface area contributed by atoms with Gasteiger partial charge in [-0.2, -0.15) is 5.10 Å². The third-order valence-corrected chi connectivity index (χ3v) is 5.02. The van der Waals surface area contributed by atoms with Crippen LogP contribution in [0.4, 0.5) is 5.69 Å². The molecule has 2 N–H and O–H groups in total. The molecule has 0 saturated carbocycles. The summed E-state index contributed by atoms with van der Waals surface area (Å²) < 4.78 is 6.11. The van der Waals surface area contributed by atoms with Crippen LogP contribution in [0.5, 0.6) is 5.75 Å². The molecule has 7 nitrogen and oxygen atoms in total. The van der Waals surface area contributed by atoms with Crippen molar-refractivity contribution >= 4 is 68.8 Å². The zero-order chi connectivity index (χ0) is 23.1. The van der Waals surface area contributed by atoms with Gasteiger partial charge in [-0.05, 0) is 54.6 Å². The van der Waals surface area contributed by atoms with Gasteiger partial charge in [-0.1, -0.05) is 51.3 Å². The molecule has 3 aromatic rings. The molecule has 10 heteroatoms. The quantitative estimate of drug-likeness (QED) is 0.157. The lowest BCUT2D eigenvalue weighted by atomic mass is 10.2. The maximum atomic E-state index is 12.4. The fourth-order valence-electron chi connectivity index (χ4n) is 2.43. The number of carbonyl (C=O) groups is 3. The highest BCUT2D eigenvalue weighted by molar-refractivity contribution is 9.10. The van der Waals surface area contributed by atoms with E-state index in [0.717, 1.165) is 0 Å². The fourth-order valence-corrected chi connectivity index (χ4v) is 3.14. The molecule has 32 heavy (non-hydrogen) atoms. The maximum Gasteiger partial charge on any atom is 0.345 e. The third kappa shape index (κ3) is 6.40. The van der Waals surface area contributed by atoms with Gasteiger partial charge in [0.2, 0.25) is 0 Å². The minimum atomic E-state index is -0.985. The molecular formula is C22H14BrCl2N3O4. The lowest BCUT2D eigenvalue weighted by Crippen LogP contribution is -2.32. The van der Waals surface area contributed by atoms with Gasteiger partial charge in [0, 0.05) is 20.7 Å². The Morgan fingerprint density at radius 3 is 2.38 bits per heavy atom. The standard InChI is InChI=1S/C22H14BrCl2N3O4/c23-14-5-10-19(32-22(31)17-3-1-2-4-18(17)25)13(11-14)12-26-28-21(30)20(29)27-16-8-6-15(24)7-9-16/h1-12H,(H,27,29)(H,28,30). The van der Waals surface area contributed by atoms with Crippen LogP contribution in [0, 0.1) is 0 Å². The smallest absolute Gasteiger partial charge is 0.345 e. The van der Waals surface area contributed by atoms with Crippen molar-refractivity contribution in [1.82, 2.24) is 5.43 Å². The van der Waals surface area contributed by atoms with Crippen molar-refractivity contribution in [2.45, 2.75) is 0 Å². The lowest BCUT2D eigenvalue weighted by Gasteiger charge is -2.09. The summed E-state index contributed by atoms with van der Waals surface area (Å²) in [5.74, 6) is -2.37. The van der Waals surface area contributed by atoms with Crippen molar-refractivity contribution in [2.75, 3.05) is 5.32 Å². The highest BCUT2D eigenvalue weighted by Crippen LogP contribution is 2.24. The Morgan fingerprint density at radius 1 is 0.938 bits per heavy atom. The Kier molecular flexibility index (Phi) is 7.99. The summed E-state index contributed by atoms with van der Waals surface area (Å²) in [4.78, 5) is 36.4. The number of ether oxygens (including phenoxy) is 1. The molecule has 0 radical (unpaired) electrons. The third-order valence-electron chi connectivity index (χ3n) is 3.95.